The van der Waals surface area contributed by atoms with Gasteiger partial charge in [-0.25, -0.2) is 0 Å². The summed E-state index contributed by atoms with van der Waals surface area (Å²) in [7, 11) is 0. The first-order valence-corrected chi connectivity index (χ1v) is 1.48. The maximum atomic E-state index is 3.42. The number of allylic oxidation sites excluding steroid dienone is 2. The van der Waals surface area contributed by atoms with E-state index in [9.17, 15) is 0 Å². The Bertz CT molecular complexity index is 33.8. The van der Waals surface area contributed by atoms with Crippen LogP contribution >= 0.6 is 0 Å². The Morgan fingerprint density at radius 2 is 1.11 bits per heavy atom. The maximum absolute atomic E-state index is 3.42. The van der Waals surface area contributed by atoms with E-state index in [0.717, 1.165) is 0 Å². The number of rotatable bonds is 2. The van der Waals surface area contributed by atoms with Gasteiger partial charge in [0.05, 0.1) is 0 Å². The summed E-state index contributed by atoms with van der Waals surface area (Å²) in [5.41, 5.74) is 0. The van der Waals surface area contributed by atoms with Crippen molar-refractivity contribution in [1.82, 2.24) is 0 Å². The van der Waals surface area contributed by atoms with Gasteiger partial charge in [-0.15, -0.1) is 0 Å². The van der Waals surface area contributed by atoms with Gasteiger partial charge in [0.1, 0.15) is 0 Å². The molecule has 0 aromatic carbocycles. The van der Waals surface area contributed by atoms with Crippen LogP contribution in [0.15, 0.2) is 25.3 Å². The third-order valence-corrected chi connectivity index (χ3v) is 0.272. The fraction of sp³-hybridized carbons (Fsp3) is 0. The normalized spacial score (nSPS) is 3.11. The van der Waals surface area contributed by atoms with Crippen molar-refractivity contribution in [2.45, 2.75) is 0 Å². The second-order valence-electron chi connectivity index (χ2n) is 0.664. The summed E-state index contributed by atoms with van der Waals surface area (Å²) in [4.78, 5) is 0. The van der Waals surface area contributed by atoms with Crippen molar-refractivity contribution in [3.8, 4) is 0 Å². The zero-order valence-corrected chi connectivity index (χ0v) is 8.73. The van der Waals surface area contributed by atoms with Gasteiger partial charge in [0.15, 0.2) is 0 Å². The molecule has 0 aliphatic carbocycles. The van der Waals surface area contributed by atoms with Crippen molar-refractivity contribution in [3.05, 3.63) is 54.0 Å². The van der Waals surface area contributed by atoms with Crippen LogP contribution in [-0.2, 0) is 21.1 Å². The first kappa shape index (κ1) is 35.8. The van der Waals surface area contributed by atoms with Gasteiger partial charge in [-0.2, -0.15) is 31.7 Å². The Kier molecular flexibility index (Phi) is 172. The predicted molar refractivity (Wildman–Crippen MR) is 43.9 cm³/mol. The fourth-order valence-electron chi connectivity index (χ4n) is 0.0962. The predicted octanol–water partition coefficient (Wildman–Crippen LogP) is 2.91. The summed E-state index contributed by atoms with van der Waals surface area (Å²) in [6.07, 6.45) is 5.15. The van der Waals surface area contributed by atoms with Gasteiger partial charge in [0.25, 0.3) is 0 Å². The van der Waals surface area contributed by atoms with E-state index < -0.39 is 0 Å². The van der Waals surface area contributed by atoms with Gasteiger partial charge in [-0.1, -0.05) is 0 Å². The smallest absolute Gasteiger partial charge is 0.358 e. The van der Waals surface area contributed by atoms with Gasteiger partial charge in [-0.3, -0.25) is 0 Å². The average molecular weight is 307 g/mol. The Labute approximate surface area is 75.3 Å². The molecule has 0 saturated carbocycles. The molecule has 0 heterocycles. The van der Waals surface area contributed by atoms with E-state index in [1.165, 1.54) is 0 Å². The molecule has 0 amide bonds. The van der Waals surface area contributed by atoms with E-state index in [-0.39, 0.29) is 43.3 Å². The Morgan fingerprint density at radius 3 is 1.11 bits per heavy atom. The largest absolute Gasteiger partial charge is 4.00 e. The molecule has 0 nitrogen and oxygen atoms in total. The Balaban J connectivity index is -0.0000000133. The second kappa shape index (κ2) is 43.1. The summed E-state index contributed by atoms with van der Waals surface area (Å²) >= 11 is 0. The molecule has 0 atom stereocenters. The minimum Gasteiger partial charge on any atom is -0.358 e. The minimum absolute atomic E-state index is 0. The molecule has 58 valence electrons. The zero-order chi connectivity index (χ0) is 4.12. The molecular weight excluding hydrogens is 291 g/mol. The third-order valence-electron chi connectivity index (χ3n) is 0.272. The number of hydrogen-bond acceptors (Lipinski definition) is 0. The van der Waals surface area contributed by atoms with Crippen LogP contribution in [-0.4, -0.2) is 0 Å². The van der Waals surface area contributed by atoms with Crippen LogP contribution in [0.1, 0.15) is 0 Å². The summed E-state index contributed by atoms with van der Waals surface area (Å²) < 4.78 is 0. The van der Waals surface area contributed by atoms with E-state index >= 15 is 0 Å². The molecule has 0 aliphatic heterocycles. The molecule has 0 bridgehead atoms. The maximum Gasteiger partial charge on any atom is 4.00 e. The minimum atomic E-state index is 0. The van der Waals surface area contributed by atoms with Crippen molar-refractivity contribution in [1.29, 1.82) is 0 Å². The fourth-order valence-corrected chi connectivity index (χ4v) is 0.0962. The molecule has 0 saturated heterocycles. The van der Waals surface area contributed by atoms with Crippen LogP contribution in [0.4, 0.5) is 0 Å². The molecule has 0 aromatic rings. The van der Waals surface area contributed by atoms with E-state index in [4.69, 9.17) is 0 Å². The molecule has 0 rings (SSSR count). The quantitative estimate of drug-likeness (QED) is 0.688. The van der Waals surface area contributed by atoms with Crippen LogP contribution in [0, 0.1) is 28.7 Å². The topological polar surface area (TPSA) is 0 Å². The van der Waals surface area contributed by atoms with Crippen LogP contribution in [0.2, 0.25) is 0 Å². The molecule has 9 heavy (non-hydrogen) atoms. The summed E-state index contributed by atoms with van der Waals surface area (Å²) in [5.74, 6) is 0. The summed E-state index contributed by atoms with van der Waals surface area (Å²) in [6, 6.07) is 0. The van der Waals surface area contributed by atoms with E-state index in [1.807, 2.05) is 0 Å². The van der Waals surface area contributed by atoms with Gasteiger partial charge in [0.2, 0.25) is 0 Å². The molecule has 0 aliphatic rings. The standard InChI is InChI=1S/C5H7.3CH3.Pt/c1-3-5-4-2;;;;/h3-5H,1-2H2;3*1H3;/q4*-1;+4. The van der Waals surface area contributed by atoms with E-state index in [2.05, 4.69) is 13.2 Å². The summed E-state index contributed by atoms with van der Waals surface area (Å²) in [5, 5.41) is 0. The van der Waals surface area contributed by atoms with Crippen LogP contribution in [0.5, 0.6) is 0 Å². The molecule has 0 N–H and O–H groups in total. The SMILES string of the molecule is C=C[CH-]C=C.[CH3-].[CH3-].[CH3-].[Pt+4]. The Morgan fingerprint density at radius 1 is 0.889 bits per heavy atom. The van der Waals surface area contributed by atoms with Crippen LogP contribution < -0.4 is 0 Å². The monoisotopic (exact) mass is 307 g/mol. The zero-order valence-electron chi connectivity index (χ0n) is 6.46. The van der Waals surface area contributed by atoms with Crippen LogP contribution in [0.25, 0.3) is 0 Å². The van der Waals surface area contributed by atoms with Gasteiger partial charge in [0, 0.05) is 0 Å². The van der Waals surface area contributed by atoms with Crippen molar-refractivity contribution >= 4 is 0 Å². The van der Waals surface area contributed by atoms with E-state index in [1.54, 1.807) is 18.6 Å². The second-order valence-corrected chi connectivity index (χ2v) is 0.664. The molecule has 0 spiro atoms. The third kappa shape index (κ3) is 70.5. The first-order valence-electron chi connectivity index (χ1n) is 1.48. The molecule has 0 aromatic heterocycles. The van der Waals surface area contributed by atoms with Crippen molar-refractivity contribution in [2.75, 3.05) is 0 Å². The molecular formula is C8H16Pt. The van der Waals surface area contributed by atoms with Crippen molar-refractivity contribution in [2.24, 2.45) is 0 Å². The van der Waals surface area contributed by atoms with Crippen LogP contribution in [0.3, 0.4) is 0 Å². The number of hydrogen-bond donors (Lipinski definition) is 0. The Hall–Kier alpha value is 0.0383. The average Bonchev–Trinajstić information content (AvgIpc) is 1.41. The molecule has 1 heteroatoms. The molecule has 0 fully saturated rings. The van der Waals surface area contributed by atoms with Gasteiger partial charge < -0.3 is 22.3 Å². The van der Waals surface area contributed by atoms with Gasteiger partial charge >= 0.3 is 21.1 Å². The van der Waals surface area contributed by atoms with Crippen molar-refractivity contribution < 1.29 is 21.1 Å². The van der Waals surface area contributed by atoms with Gasteiger partial charge in [-0.05, 0) is 0 Å². The van der Waals surface area contributed by atoms with E-state index in [0.29, 0.717) is 0 Å². The van der Waals surface area contributed by atoms with Crippen molar-refractivity contribution in [3.63, 3.8) is 0 Å². The summed E-state index contributed by atoms with van der Waals surface area (Å²) in [6.45, 7) is 6.85. The molecule has 0 radical (unpaired) electrons. The molecule has 0 unspecified atom stereocenters. The first-order chi connectivity index (χ1) is 2.41.